The van der Waals surface area contributed by atoms with Gasteiger partial charge in [0.2, 0.25) is 5.89 Å². The van der Waals surface area contributed by atoms with Crippen molar-refractivity contribution in [2.24, 2.45) is 0 Å². The third-order valence-electron chi connectivity index (χ3n) is 4.96. The van der Waals surface area contributed by atoms with Gasteiger partial charge >= 0.3 is 0 Å². The molecule has 1 unspecified atom stereocenters. The lowest BCUT2D eigenvalue weighted by molar-refractivity contribution is -0.384. The van der Waals surface area contributed by atoms with Crippen LogP contribution in [0.5, 0.6) is 0 Å². The van der Waals surface area contributed by atoms with Gasteiger partial charge in [0.25, 0.3) is 11.6 Å². The van der Waals surface area contributed by atoms with Crippen molar-refractivity contribution < 1.29 is 14.2 Å². The Morgan fingerprint density at radius 3 is 2.48 bits per heavy atom. The summed E-state index contributed by atoms with van der Waals surface area (Å²) >= 11 is 0. The van der Waals surface area contributed by atoms with Crippen LogP contribution in [0.3, 0.4) is 0 Å². The monoisotopic (exact) mass is 402 g/mol. The maximum absolute atomic E-state index is 12.2. The van der Waals surface area contributed by atoms with Crippen molar-refractivity contribution in [2.75, 3.05) is 31.1 Å². The molecule has 1 N–H and O–H groups in total. The molecular weight excluding hydrogens is 376 g/mol. The van der Waals surface area contributed by atoms with Gasteiger partial charge in [-0.1, -0.05) is 5.16 Å². The van der Waals surface area contributed by atoms with Crippen LogP contribution >= 0.6 is 0 Å². The summed E-state index contributed by atoms with van der Waals surface area (Å²) in [5.41, 5.74) is 0.751. The summed E-state index contributed by atoms with van der Waals surface area (Å²) in [5, 5.41) is 18.2. The van der Waals surface area contributed by atoms with Crippen LogP contribution in [-0.4, -0.2) is 58.1 Å². The molecule has 0 radical (unpaired) electrons. The van der Waals surface area contributed by atoms with Crippen molar-refractivity contribution in [3.8, 4) is 0 Å². The van der Waals surface area contributed by atoms with Gasteiger partial charge in [-0.15, -0.1) is 0 Å². The zero-order chi connectivity index (χ0) is 21.1. The van der Waals surface area contributed by atoms with Crippen molar-refractivity contribution in [3.05, 3.63) is 45.6 Å². The van der Waals surface area contributed by atoms with Crippen LogP contribution in [0.25, 0.3) is 0 Å². The molecule has 1 aromatic heterocycles. The number of nitrogens with one attached hydrogen (secondary N) is 1. The fourth-order valence-electron chi connectivity index (χ4n) is 3.41. The normalized spacial score (nSPS) is 16.1. The molecule has 1 amide bonds. The number of rotatable bonds is 6. The van der Waals surface area contributed by atoms with Crippen LogP contribution < -0.4 is 10.2 Å². The van der Waals surface area contributed by atoms with E-state index in [1.165, 1.54) is 6.07 Å². The van der Waals surface area contributed by atoms with E-state index in [9.17, 15) is 14.9 Å². The molecule has 0 bridgehead atoms. The van der Waals surface area contributed by atoms with E-state index in [-0.39, 0.29) is 29.2 Å². The van der Waals surface area contributed by atoms with Gasteiger partial charge in [0.05, 0.1) is 11.0 Å². The molecule has 1 aromatic carbocycles. The molecule has 2 heterocycles. The molecular formula is C19H26N6O4. The summed E-state index contributed by atoms with van der Waals surface area (Å²) in [7, 11) is 0. The number of nitro groups is 1. The number of piperazine rings is 1. The Kier molecular flexibility index (Phi) is 6.12. The van der Waals surface area contributed by atoms with E-state index < -0.39 is 4.92 Å². The number of carbonyl (C=O) groups excluding carboxylic acids is 1. The van der Waals surface area contributed by atoms with Gasteiger partial charge < -0.3 is 14.7 Å². The van der Waals surface area contributed by atoms with Crippen LogP contribution in [0.4, 0.5) is 11.4 Å². The van der Waals surface area contributed by atoms with Gasteiger partial charge in [-0.25, -0.2) is 0 Å². The zero-order valence-electron chi connectivity index (χ0n) is 17.1. The van der Waals surface area contributed by atoms with E-state index in [4.69, 9.17) is 4.52 Å². The van der Waals surface area contributed by atoms with E-state index in [1.807, 2.05) is 25.7 Å². The lowest BCUT2D eigenvalue weighted by Gasteiger charge is -2.37. The lowest BCUT2D eigenvalue weighted by Crippen LogP contribution is -2.47. The molecule has 1 aliphatic rings. The summed E-state index contributed by atoms with van der Waals surface area (Å²) < 4.78 is 5.26. The highest BCUT2D eigenvalue weighted by molar-refractivity contribution is 5.96. The van der Waals surface area contributed by atoms with Crippen molar-refractivity contribution in [1.29, 1.82) is 0 Å². The standard InChI is InChI=1S/C19H26N6O4/c1-12(2)20-18(26)15-5-6-16(17(11-15)25(27)28)24-9-7-23(8-10-24)13(3)19-21-14(4)22-29-19/h5-6,11-13H,7-10H2,1-4H3,(H,20,26). The Morgan fingerprint density at radius 1 is 1.24 bits per heavy atom. The molecule has 1 fully saturated rings. The molecule has 1 aliphatic heterocycles. The van der Waals surface area contributed by atoms with E-state index in [0.717, 1.165) is 0 Å². The molecule has 0 saturated carbocycles. The number of hydrogen-bond donors (Lipinski definition) is 1. The first-order valence-corrected chi connectivity index (χ1v) is 9.64. The Hall–Kier alpha value is -3.01. The Morgan fingerprint density at radius 2 is 1.93 bits per heavy atom. The van der Waals surface area contributed by atoms with Crippen molar-refractivity contribution in [1.82, 2.24) is 20.4 Å². The van der Waals surface area contributed by atoms with E-state index in [0.29, 0.717) is 43.6 Å². The minimum absolute atomic E-state index is 0.0181. The molecule has 2 aromatic rings. The second kappa shape index (κ2) is 8.56. The fourth-order valence-corrected chi connectivity index (χ4v) is 3.41. The Bertz CT molecular complexity index is 889. The van der Waals surface area contributed by atoms with Gasteiger partial charge in [0.1, 0.15) is 5.69 Å². The molecule has 1 saturated heterocycles. The van der Waals surface area contributed by atoms with Crippen molar-refractivity contribution in [2.45, 2.75) is 39.8 Å². The summed E-state index contributed by atoms with van der Waals surface area (Å²) in [6, 6.07) is 4.59. The molecule has 156 valence electrons. The molecule has 3 rings (SSSR count). The number of carbonyl (C=O) groups is 1. The number of nitro benzene ring substituents is 1. The maximum atomic E-state index is 12.2. The first kappa shape index (κ1) is 20.7. The third kappa shape index (κ3) is 4.70. The summed E-state index contributed by atoms with van der Waals surface area (Å²) in [5.74, 6) is 0.855. The number of nitrogens with zero attached hydrogens (tertiary/aromatic N) is 5. The second-order valence-electron chi connectivity index (χ2n) is 7.47. The highest BCUT2D eigenvalue weighted by atomic mass is 16.6. The minimum atomic E-state index is -0.433. The lowest BCUT2D eigenvalue weighted by atomic mass is 10.1. The van der Waals surface area contributed by atoms with Crippen LogP contribution in [0.1, 0.15) is 48.9 Å². The predicted molar refractivity (Wildman–Crippen MR) is 107 cm³/mol. The Balaban J connectivity index is 1.72. The largest absolute Gasteiger partial charge is 0.363 e. The highest BCUT2D eigenvalue weighted by Gasteiger charge is 2.29. The van der Waals surface area contributed by atoms with E-state index in [1.54, 1.807) is 19.1 Å². The third-order valence-corrected chi connectivity index (χ3v) is 4.96. The number of aryl methyl sites for hydroxylation is 1. The Labute approximate surface area is 169 Å². The maximum Gasteiger partial charge on any atom is 0.293 e. The first-order chi connectivity index (χ1) is 13.8. The molecule has 0 spiro atoms. The minimum Gasteiger partial charge on any atom is -0.363 e. The number of amides is 1. The number of benzene rings is 1. The summed E-state index contributed by atoms with van der Waals surface area (Å²) in [6.07, 6.45) is 0. The van der Waals surface area contributed by atoms with Gasteiger partial charge in [-0.05, 0) is 39.8 Å². The second-order valence-corrected chi connectivity index (χ2v) is 7.47. The average Bonchev–Trinajstić information content (AvgIpc) is 3.13. The predicted octanol–water partition coefficient (Wildman–Crippen LogP) is 2.31. The first-order valence-electron chi connectivity index (χ1n) is 9.64. The summed E-state index contributed by atoms with van der Waals surface area (Å²) in [6.45, 7) is 10.1. The molecule has 1 atom stereocenters. The number of aromatic nitrogens is 2. The van der Waals surface area contributed by atoms with Gasteiger partial charge in [0, 0.05) is 43.9 Å². The topological polar surface area (TPSA) is 118 Å². The van der Waals surface area contributed by atoms with E-state index >= 15 is 0 Å². The highest BCUT2D eigenvalue weighted by Crippen LogP contribution is 2.31. The fraction of sp³-hybridized carbons (Fsp3) is 0.526. The molecule has 10 heteroatoms. The van der Waals surface area contributed by atoms with Crippen LogP contribution in [0, 0.1) is 17.0 Å². The average molecular weight is 402 g/mol. The molecule has 29 heavy (non-hydrogen) atoms. The smallest absolute Gasteiger partial charge is 0.293 e. The van der Waals surface area contributed by atoms with Gasteiger partial charge in [-0.2, -0.15) is 4.98 Å². The van der Waals surface area contributed by atoms with Crippen LogP contribution in [-0.2, 0) is 0 Å². The molecule has 10 nitrogen and oxygen atoms in total. The number of hydrogen-bond acceptors (Lipinski definition) is 8. The number of anilines is 1. The zero-order valence-corrected chi connectivity index (χ0v) is 17.1. The van der Waals surface area contributed by atoms with Gasteiger partial charge in [-0.3, -0.25) is 19.8 Å². The SMILES string of the molecule is Cc1noc(C(C)N2CCN(c3ccc(C(=O)NC(C)C)cc3[N+](=O)[O-])CC2)n1. The van der Waals surface area contributed by atoms with Crippen molar-refractivity contribution >= 4 is 17.3 Å². The van der Waals surface area contributed by atoms with Crippen molar-refractivity contribution in [3.63, 3.8) is 0 Å². The summed E-state index contributed by atoms with van der Waals surface area (Å²) in [4.78, 5) is 31.9. The van der Waals surface area contributed by atoms with E-state index in [2.05, 4.69) is 20.4 Å². The van der Waals surface area contributed by atoms with Gasteiger partial charge in [0.15, 0.2) is 5.82 Å². The van der Waals surface area contributed by atoms with Crippen LogP contribution in [0.15, 0.2) is 22.7 Å². The quantitative estimate of drug-likeness (QED) is 0.578. The molecule has 0 aliphatic carbocycles. The van der Waals surface area contributed by atoms with Crippen LogP contribution in [0.2, 0.25) is 0 Å².